The van der Waals surface area contributed by atoms with E-state index in [-0.39, 0.29) is 11.6 Å². The third-order valence-electron chi connectivity index (χ3n) is 3.68. The second-order valence-electron chi connectivity index (χ2n) is 5.56. The number of nitrogens with one attached hydrogen (secondary N) is 1. The Labute approximate surface area is 168 Å². The van der Waals surface area contributed by atoms with Crippen molar-refractivity contribution in [2.45, 2.75) is 12.7 Å². The molecule has 0 fully saturated rings. The van der Waals surface area contributed by atoms with Crippen molar-refractivity contribution in [1.82, 2.24) is 5.32 Å². The van der Waals surface area contributed by atoms with Crippen molar-refractivity contribution in [1.29, 1.82) is 0 Å². The fourth-order valence-corrected chi connectivity index (χ4v) is 3.85. The third-order valence-corrected chi connectivity index (χ3v) is 5.76. The Hall–Kier alpha value is -2.25. The van der Waals surface area contributed by atoms with Crippen molar-refractivity contribution in [2.75, 3.05) is 20.4 Å². The first-order valence-electron chi connectivity index (χ1n) is 8.32. The third kappa shape index (κ3) is 6.15. The van der Waals surface area contributed by atoms with Crippen LogP contribution in [-0.4, -0.2) is 36.4 Å². The van der Waals surface area contributed by atoms with Gasteiger partial charge < -0.3 is 10.2 Å². The Morgan fingerprint density at radius 2 is 1.85 bits per heavy atom. The van der Waals surface area contributed by atoms with Crippen molar-refractivity contribution >= 4 is 45.2 Å². The number of carbonyl (C=O) groups is 1. The molecule has 0 saturated heterocycles. The number of likely N-dealkylation sites (N-methyl/N-ethyl adjacent to an activating group) is 1. The van der Waals surface area contributed by atoms with Crippen LogP contribution in [0.15, 0.2) is 58.7 Å². The number of aryl methyl sites for hydroxylation is 1. The van der Waals surface area contributed by atoms with Gasteiger partial charge in [0.2, 0.25) is 0 Å². The van der Waals surface area contributed by atoms with Crippen LogP contribution >= 0.6 is 23.5 Å². The largest absolute Gasteiger partial charge is 0.398 e. The molecule has 0 atom stereocenters. The van der Waals surface area contributed by atoms with Crippen LogP contribution in [0.5, 0.6) is 0 Å². The van der Waals surface area contributed by atoms with Gasteiger partial charge >= 0.3 is 0 Å². The lowest BCUT2D eigenvalue weighted by atomic mass is 10.0. The van der Waals surface area contributed by atoms with Crippen molar-refractivity contribution < 1.29 is 9.63 Å². The SMILES string of the molecule is CNC(=O)/C(=N\OC)c1ccccc1CSC(=Nc1ccc(C)cc1)SC. The predicted octanol–water partition coefficient (Wildman–Crippen LogP) is 4.38. The highest BCUT2D eigenvalue weighted by atomic mass is 32.2. The Balaban J connectivity index is 2.23. The molecule has 0 aliphatic carbocycles. The van der Waals surface area contributed by atoms with Crippen LogP contribution in [0, 0.1) is 6.92 Å². The van der Waals surface area contributed by atoms with E-state index in [1.54, 1.807) is 30.6 Å². The number of nitrogens with zero attached hydrogens (tertiary/aromatic N) is 2. The summed E-state index contributed by atoms with van der Waals surface area (Å²) in [5, 5.41) is 6.51. The Bertz CT molecular complexity index is 833. The molecular weight excluding hydrogens is 378 g/mol. The second-order valence-corrected chi connectivity index (χ2v) is 7.58. The summed E-state index contributed by atoms with van der Waals surface area (Å²) in [5.74, 6) is 0.384. The van der Waals surface area contributed by atoms with E-state index in [4.69, 9.17) is 9.83 Å². The van der Waals surface area contributed by atoms with E-state index in [1.165, 1.54) is 12.7 Å². The number of carbonyl (C=O) groups excluding carboxylic acids is 1. The summed E-state index contributed by atoms with van der Waals surface area (Å²) < 4.78 is 0.957. The number of rotatable bonds is 6. The van der Waals surface area contributed by atoms with E-state index in [9.17, 15) is 4.79 Å². The van der Waals surface area contributed by atoms with Crippen LogP contribution < -0.4 is 5.32 Å². The summed E-state index contributed by atoms with van der Waals surface area (Å²) >= 11 is 3.23. The van der Waals surface area contributed by atoms with Crippen LogP contribution in [0.4, 0.5) is 5.69 Å². The summed E-state index contributed by atoms with van der Waals surface area (Å²) in [6, 6.07) is 15.8. The van der Waals surface area contributed by atoms with Gasteiger partial charge in [-0.1, -0.05) is 58.9 Å². The molecule has 27 heavy (non-hydrogen) atoms. The average molecular weight is 402 g/mol. The van der Waals surface area contributed by atoms with Crippen molar-refractivity contribution in [3.05, 3.63) is 65.2 Å². The molecule has 2 rings (SSSR count). The quantitative estimate of drug-likeness (QED) is 0.443. The normalized spacial score (nSPS) is 12.0. The Morgan fingerprint density at radius 1 is 1.15 bits per heavy atom. The summed E-state index contributed by atoms with van der Waals surface area (Å²) in [4.78, 5) is 21.7. The van der Waals surface area contributed by atoms with Crippen molar-refractivity contribution in [2.24, 2.45) is 10.1 Å². The molecule has 5 nitrogen and oxygen atoms in total. The molecule has 1 amide bonds. The van der Waals surface area contributed by atoms with Gasteiger partial charge in [0.25, 0.3) is 5.91 Å². The molecule has 0 unspecified atom stereocenters. The summed E-state index contributed by atoms with van der Waals surface area (Å²) in [6.45, 7) is 2.06. The van der Waals surface area contributed by atoms with Crippen LogP contribution in [0.2, 0.25) is 0 Å². The van der Waals surface area contributed by atoms with Gasteiger partial charge in [0.1, 0.15) is 11.5 Å². The molecule has 1 N–H and O–H groups in total. The highest BCUT2D eigenvalue weighted by Gasteiger charge is 2.17. The van der Waals surface area contributed by atoms with E-state index in [0.717, 1.165) is 21.2 Å². The number of oxime groups is 1. The maximum Gasteiger partial charge on any atom is 0.273 e. The van der Waals surface area contributed by atoms with Crippen LogP contribution in [0.1, 0.15) is 16.7 Å². The van der Waals surface area contributed by atoms with Gasteiger partial charge in [0.15, 0.2) is 5.71 Å². The topological polar surface area (TPSA) is 63.0 Å². The fraction of sp³-hybridized carbons (Fsp3) is 0.250. The molecule has 0 radical (unpaired) electrons. The lowest BCUT2D eigenvalue weighted by molar-refractivity contribution is -0.114. The monoisotopic (exact) mass is 401 g/mol. The van der Waals surface area contributed by atoms with Gasteiger partial charge in [0.05, 0.1) is 5.69 Å². The lowest BCUT2D eigenvalue weighted by Gasteiger charge is -2.11. The van der Waals surface area contributed by atoms with Gasteiger partial charge in [-0.15, -0.1) is 11.8 Å². The number of thioether (sulfide) groups is 2. The fourth-order valence-electron chi connectivity index (χ4n) is 2.30. The Kier molecular flexibility index (Phi) is 8.42. The second kappa shape index (κ2) is 10.8. The van der Waals surface area contributed by atoms with Gasteiger partial charge in [-0.2, -0.15) is 0 Å². The summed E-state index contributed by atoms with van der Waals surface area (Å²) in [5.41, 5.74) is 4.14. The van der Waals surface area contributed by atoms with E-state index in [0.29, 0.717) is 5.75 Å². The molecule has 0 bridgehead atoms. The molecule has 2 aromatic carbocycles. The molecule has 2 aromatic rings. The first-order valence-corrected chi connectivity index (χ1v) is 10.5. The molecule has 0 heterocycles. The zero-order valence-electron chi connectivity index (χ0n) is 15.9. The Morgan fingerprint density at radius 3 is 2.48 bits per heavy atom. The number of hydrogen-bond donors (Lipinski definition) is 1. The lowest BCUT2D eigenvalue weighted by Crippen LogP contribution is -2.29. The number of amides is 1. The summed E-state index contributed by atoms with van der Waals surface area (Å²) in [6.07, 6.45) is 2.01. The predicted molar refractivity (Wildman–Crippen MR) is 117 cm³/mol. The van der Waals surface area contributed by atoms with E-state index in [2.05, 4.69) is 17.4 Å². The molecule has 0 saturated carbocycles. The number of benzene rings is 2. The first-order chi connectivity index (χ1) is 13.1. The molecule has 142 valence electrons. The van der Waals surface area contributed by atoms with Crippen LogP contribution in [0.3, 0.4) is 0 Å². The molecule has 7 heteroatoms. The average Bonchev–Trinajstić information content (AvgIpc) is 2.70. The smallest absolute Gasteiger partial charge is 0.273 e. The van der Waals surface area contributed by atoms with Crippen LogP contribution in [-0.2, 0) is 15.4 Å². The van der Waals surface area contributed by atoms with E-state index < -0.39 is 0 Å². The highest BCUT2D eigenvalue weighted by molar-refractivity contribution is 8.38. The van der Waals surface area contributed by atoms with Gasteiger partial charge in [0, 0.05) is 18.4 Å². The minimum Gasteiger partial charge on any atom is -0.398 e. The molecule has 0 spiro atoms. The molecular formula is C20H23N3O2S2. The number of aliphatic imine (C=N–C) groups is 1. The molecule has 0 aromatic heterocycles. The maximum absolute atomic E-state index is 12.2. The van der Waals surface area contributed by atoms with Gasteiger partial charge in [-0.05, 0) is 30.9 Å². The van der Waals surface area contributed by atoms with E-state index >= 15 is 0 Å². The standard InChI is InChI=1S/C20H23N3O2S2/c1-14-9-11-16(12-10-14)22-20(26-4)27-13-15-7-5-6-8-17(15)18(23-25-3)19(24)21-2/h5-12H,13H2,1-4H3,(H,21,24)/b22-20?,23-18-. The zero-order chi connectivity index (χ0) is 19.6. The van der Waals surface area contributed by atoms with Gasteiger partial charge in [-0.3, -0.25) is 4.79 Å². The minimum atomic E-state index is -0.285. The van der Waals surface area contributed by atoms with E-state index in [1.807, 2.05) is 54.8 Å². The molecule has 0 aliphatic heterocycles. The van der Waals surface area contributed by atoms with Gasteiger partial charge in [-0.25, -0.2) is 4.99 Å². The maximum atomic E-state index is 12.2. The number of hydrogen-bond acceptors (Lipinski definition) is 6. The van der Waals surface area contributed by atoms with Crippen molar-refractivity contribution in [3.8, 4) is 0 Å². The van der Waals surface area contributed by atoms with Crippen molar-refractivity contribution in [3.63, 3.8) is 0 Å². The molecule has 0 aliphatic rings. The van der Waals surface area contributed by atoms with Crippen LogP contribution in [0.25, 0.3) is 0 Å². The highest BCUT2D eigenvalue weighted by Crippen LogP contribution is 2.26. The summed E-state index contributed by atoms with van der Waals surface area (Å²) in [7, 11) is 3.01. The zero-order valence-corrected chi connectivity index (χ0v) is 17.5. The first kappa shape index (κ1) is 21.1. The minimum absolute atomic E-state index is 0.261.